The first-order valence-corrected chi connectivity index (χ1v) is 10.4. The Morgan fingerprint density at radius 2 is 1.89 bits per heavy atom. The number of primary amides is 1. The van der Waals surface area contributed by atoms with Crippen molar-refractivity contribution >= 4 is 17.8 Å². The molecule has 4 atom stereocenters. The zero-order valence-corrected chi connectivity index (χ0v) is 16.1. The molecule has 0 aromatic carbocycles. The predicted octanol–water partition coefficient (Wildman–Crippen LogP) is 0.810. The van der Waals surface area contributed by atoms with Gasteiger partial charge in [-0.2, -0.15) is 0 Å². The maximum absolute atomic E-state index is 13.0. The molecule has 0 spiro atoms. The third-order valence-corrected chi connectivity index (χ3v) is 7.36. The molecule has 0 aromatic heterocycles. The summed E-state index contributed by atoms with van der Waals surface area (Å²) in [4.78, 5) is 38.6. The van der Waals surface area contributed by atoms with Crippen molar-refractivity contribution in [2.45, 2.75) is 64.0 Å². The normalized spacial score (nSPS) is 40.1. The summed E-state index contributed by atoms with van der Waals surface area (Å²) in [5, 5.41) is 2.78. The number of nitrogens with one attached hydrogen (secondary N) is 1. The van der Waals surface area contributed by atoms with Gasteiger partial charge in [-0.3, -0.25) is 19.3 Å². The van der Waals surface area contributed by atoms with Crippen molar-refractivity contribution in [2.75, 3.05) is 19.6 Å². The smallest absolute Gasteiger partial charge is 0.323 e. The Balaban J connectivity index is 1.44. The number of ether oxygens (including phenoxy) is 1. The second-order valence-corrected chi connectivity index (χ2v) is 9.16. The van der Waals surface area contributed by atoms with Crippen LogP contribution in [0.2, 0.25) is 0 Å². The average Bonchev–Trinajstić information content (AvgIpc) is 3.05. The minimum Gasteiger partial charge on any atom is -0.460 e. The summed E-state index contributed by atoms with van der Waals surface area (Å²) in [6.45, 7) is 3.49. The first-order valence-electron chi connectivity index (χ1n) is 10.4. The zero-order chi connectivity index (χ0) is 19.2. The zero-order valence-electron chi connectivity index (χ0n) is 16.1. The van der Waals surface area contributed by atoms with Gasteiger partial charge in [0.25, 0.3) is 0 Å². The van der Waals surface area contributed by atoms with Crippen LogP contribution in [0.4, 0.5) is 0 Å². The molecule has 1 heterocycles. The van der Waals surface area contributed by atoms with E-state index in [1.54, 1.807) is 0 Å². The van der Waals surface area contributed by atoms with Crippen molar-refractivity contribution in [3.8, 4) is 0 Å². The molecule has 1 aliphatic heterocycles. The van der Waals surface area contributed by atoms with Gasteiger partial charge in [-0.25, -0.2) is 0 Å². The standard InChI is InChI=1S/C20H31N3O4/c1-12(24)22-4-6-23-5-2-3-16(23)18(25)27-17-15-8-13-7-14(9-15)11-20(17,10-13)19(21)26/h13-17H,2-11H2,1H3,(H2,21,26)(H,22,24). The Morgan fingerprint density at radius 1 is 1.19 bits per heavy atom. The van der Waals surface area contributed by atoms with Crippen LogP contribution >= 0.6 is 0 Å². The molecule has 0 radical (unpaired) electrons. The third kappa shape index (κ3) is 3.35. The summed E-state index contributed by atoms with van der Waals surface area (Å²) in [6.07, 6.45) is 6.23. The summed E-state index contributed by atoms with van der Waals surface area (Å²) < 4.78 is 6.06. The lowest BCUT2D eigenvalue weighted by Crippen LogP contribution is -2.62. The Hall–Kier alpha value is -1.63. The highest BCUT2D eigenvalue weighted by Gasteiger charge is 2.62. The summed E-state index contributed by atoms with van der Waals surface area (Å²) in [5.74, 6) is 0.838. The van der Waals surface area contributed by atoms with Gasteiger partial charge in [0.1, 0.15) is 12.1 Å². The SMILES string of the molecule is CC(=O)NCCN1CCCC1C(=O)OC1C2CC3CC(C2)CC1(C(N)=O)C3. The molecule has 4 bridgehead atoms. The fraction of sp³-hybridized carbons (Fsp3) is 0.850. The van der Waals surface area contributed by atoms with E-state index < -0.39 is 5.41 Å². The molecule has 4 unspecified atom stereocenters. The van der Waals surface area contributed by atoms with E-state index in [0.29, 0.717) is 24.9 Å². The second kappa shape index (κ2) is 7.08. The number of carbonyl (C=O) groups excluding carboxylic acids is 3. The van der Waals surface area contributed by atoms with Crippen molar-refractivity contribution in [3.05, 3.63) is 0 Å². The van der Waals surface area contributed by atoms with Crippen LogP contribution in [0, 0.1) is 23.2 Å². The maximum atomic E-state index is 13.0. The molecule has 7 nitrogen and oxygen atoms in total. The number of likely N-dealkylation sites (tertiary alicyclic amines) is 1. The maximum Gasteiger partial charge on any atom is 0.323 e. The lowest BCUT2D eigenvalue weighted by Gasteiger charge is -2.58. The Morgan fingerprint density at radius 3 is 2.52 bits per heavy atom. The van der Waals surface area contributed by atoms with E-state index in [1.165, 1.54) is 13.3 Å². The van der Waals surface area contributed by atoms with Crippen LogP contribution in [0.25, 0.3) is 0 Å². The van der Waals surface area contributed by atoms with Gasteiger partial charge in [0.05, 0.1) is 5.41 Å². The largest absolute Gasteiger partial charge is 0.460 e. The van der Waals surface area contributed by atoms with Gasteiger partial charge in [-0.1, -0.05) is 0 Å². The van der Waals surface area contributed by atoms with E-state index in [0.717, 1.165) is 45.1 Å². The molecule has 2 amide bonds. The lowest BCUT2D eigenvalue weighted by atomic mass is 9.48. The van der Waals surface area contributed by atoms with Crippen LogP contribution in [-0.2, 0) is 19.1 Å². The number of hydrogen-bond acceptors (Lipinski definition) is 5. The van der Waals surface area contributed by atoms with E-state index in [1.807, 2.05) is 0 Å². The second-order valence-electron chi connectivity index (χ2n) is 9.16. The van der Waals surface area contributed by atoms with Gasteiger partial charge in [0.2, 0.25) is 11.8 Å². The molecule has 150 valence electrons. The first-order chi connectivity index (χ1) is 12.9. The molecule has 7 heteroatoms. The number of rotatable bonds is 6. The molecular formula is C20H31N3O4. The Labute approximate surface area is 160 Å². The minimum atomic E-state index is -0.649. The highest BCUT2D eigenvalue weighted by Crippen LogP contribution is 2.61. The Kier molecular flexibility index (Phi) is 4.91. The molecule has 5 aliphatic rings. The van der Waals surface area contributed by atoms with Crippen LogP contribution < -0.4 is 11.1 Å². The molecule has 0 aromatic rings. The van der Waals surface area contributed by atoms with Crippen molar-refractivity contribution in [1.82, 2.24) is 10.2 Å². The first kappa shape index (κ1) is 18.7. The van der Waals surface area contributed by atoms with Crippen molar-refractivity contribution in [3.63, 3.8) is 0 Å². The number of esters is 1. The van der Waals surface area contributed by atoms with Crippen LogP contribution in [0.1, 0.15) is 51.9 Å². The van der Waals surface area contributed by atoms with E-state index in [9.17, 15) is 14.4 Å². The highest BCUT2D eigenvalue weighted by atomic mass is 16.5. The predicted molar refractivity (Wildman–Crippen MR) is 98.3 cm³/mol. The number of amides is 2. The summed E-state index contributed by atoms with van der Waals surface area (Å²) in [7, 11) is 0. The van der Waals surface area contributed by atoms with Gasteiger partial charge >= 0.3 is 5.97 Å². The third-order valence-electron chi connectivity index (χ3n) is 7.36. The summed E-state index contributed by atoms with van der Waals surface area (Å²) in [5.41, 5.74) is 5.20. The monoisotopic (exact) mass is 377 g/mol. The number of nitrogens with zero attached hydrogens (tertiary/aromatic N) is 1. The molecule has 4 aliphatic carbocycles. The summed E-state index contributed by atoms with van der Waals surface area (Å²) in [6, 6.07) is -0.277. The molecule has 5 fully saturated rings. The lowest BCUT2D eigenvalue weighted by molar-refractivity contribution is -0.198. The fourth-order valence-corrected chi connectivity index (χ4v) is 6.48. The number of nitrogens with two attached hydrogens (primary N) is 1. The number of carbonyl (C=O) groups is 3. The van der Waals surface area contributed by atoms with Crippen LogP contribution in [0.15, 0.2) is 0 Å². The van der Waals surface area contributed by atoms with Crippen LogP contribution in [0.5, 0.6) is 0 Å². The van der Waals surface area contributed by atoms with Crippen LogP contribution in [-0.4, -0.2) is 54.5 Å². The van der Waals surface area contributed by atoms with Gasteiger partial charge in [0, 0.05) is 20.0 Å². The Bertz CT molecular complexity index is 623. The minimum absolute atomic E-state index is 0.0645. The van der Waals surface area contributed by atoms with E-state index in [4.69, 9.17) is 10.5 Å². The topological polar surface area (TPSA) is 102 Å². The molecule has 3 N–H and O–H groups in total. The van der Waals surface area contributed by atoms with Crippen LogP contribution in [0.3, 0.4) is 0 Å². The molecule has 27 heavy (non-hydrogen) atoms. The van der Waals surface area contributed by atoms with E-state index in [2.05, 4.69) is 10.2 Å². The van der Waals surface area contributed by atoms with Gasteiger partial charge < -0.3 is 15.8 Å². The molecule has 1 saturated heterocycles. The average molecular weight is 377 g/mol. The highest BCUT2D eigenvalue weighted by molar-refractivity contribution is 5.83. The fourth-order valence-electron chi connectivity index (χ4n) is 6.48. The van der Waals surface area contributed by atoms with Crippen molar-refractivity contribution in [1.29, 1.82) is 0 Å². The van der Waals surface area contributed by atoms with Gasteiger partial charge in [-0.05, 0) is 69.2 Å². The quantitative estimate of drug-likeness (QED) is 0.667. The molecular weight excluding hydrogens is 346 g/mol. The van der Waals surface area contributed by atoms with Crippen molar-refractivity contribution < 1.29 is 19.1 Å². The summed E-state index contributed by atoms with van der Waals surface area (Å²) >= 11 is 0. The van der Waals surface area contributed by atoms with Crippen molar-refractivity contribution in [2.24, 2.45) is 28.9 Å². The van der Waals surface area contributed by atoms with E-state index in [-0.39, 0.29) is 35.8 Å². The molecule has 4 saturated carbocycles. The molecule has 5 rings (SSSR count). The van der Waals surface area contributed by atoms with E-state index >= 15 is 0 Å². The number of hydrogen-bond donors (Lipinski definition) is 2. The van der Waals surface area contributed by atoms with Gasteiger partial charge in [-0.15, -0.1) is 0 Å². The van der Waals surface area contributed by atoms with Gasteiger partial charge in [0.15, 0.2) is 0 Å².